The number of nitrogens with one attached hydrogen (secondary N) is 1. The minimum Gasteiger partial charge on any atom is -0.545 e. The topological polar surface area (TPSA) is 102 Å². The van der Waals surface area contributed by atoms with Crippen molar-refractivity contribution < 1.29 is 47.9 Å². The summed E-state index contributed by atoms with van der Waals surface area (Å²) in [5, 5.41) is 11.6. The second-order valence-electron chi connectivity index (χ2n) is 8.58. The summed E-state index contributed by atoms with van der Waals surface area (Å²) in [6.07, 6.45) is 4.27. The van der Waals surface area contributed by atoms with Gasteiger partial charge in [-0.05, 0) is 52.9 Å². The summed E-state index contributed by atoms with van der Waals surface area (Å²) in [6.45, 7) is 5.53. The molecule has 0 aliphatic heterocycles. The zero-order valence-corrected chi connectivity index (χ0v) is 24.3. The van der Waals surface area contributed by atoms with Crippen molar-refractivity contribution in [3.63, 3.8) is 0 Å². The van der Waals surface area contributed by atoms with E-state index in [1.54, 1.807) is 36.7 Å². The van der Waals surface area contributed by atoms with Gasteiger partial charge in [0.25, 0.3) is 0 Å². The molecule has 7 nitrogen and oxygen atoms in total. The molecule has 0 amide bonds. The number of halogens is 1. The molecule has 0 saturated carbocycles. The van der Waals surface area contributed by atoms with Gasteiger partial charge in [0, 0.05) is 43.1 Å². The van der Waals surface area contributed by atoms with Crippen LogP contribution in [0.25, 0.3) is 0 Å². The number of aromatic carboxylic acids is 1. The monoisotopic (exact) mass is 537 g/mol. The Balaban J connectivity index is 0.00000456. The summed E-state index contributed by atoms with van der Waals surface area (Å²) in [6, 6.07) is 16.1. The molecule has 0 spiro atoms. The van der Waals surface area contributed by atoms with Gasteiger partial charge >= 0.3 is 29.6 Å². The third-order valence-corrected chi connectivity index (χ3v) is 7.70. The number of rotatable bonds is 12. The van der Waals surface area contributed by atoms with Crippen molar-refractivity contribution >= 4 is 27.6 Å². The zero-order valence-electron chi connectivity index (χ0n) is 20.7. The predicted molar refractivity (Wildman–Crippen MR) is 134 cm³/mol. The predicted octanol–water partition coefficient (Wildman–Crippen LogP) is 0.498. The largest absolute Gasteiger partial charge is 1.00 e. The molecule has 0 aliphatic carbocycles. The summed E-state index contributed by atoms with van der Waals surface area (Å²) < 4.78 is 29.2. The third kappa shape index (κ3) is 8.95. The number of carbonyl (C=O) groups is 1. The minimum atomic E-state index is -3.76. The van der Waals surface area contributed by atoms with Crippen LogP contribution in [-0.2, 0) is 23.1 Å². The maximum absolute atomic E-state index is 13.1. The van der Waals surface area contributed by atoms with E-state index in [4.69, 9.17) is 11.6 Å². The molecule has 0 aliphatic rings. The molecule has 0 radical (unpaired) electrons. The molecule has 2 aromatic carbocycles. The van der Waals surface area contributed by atoms with Crippen LogP contribution in [-0.4, -0.2) is 36.9 Å². The maximum atomic E-state index is 13.1. The van der Waals surface area contributed by atoms with Gasteiger partial charge in [-0.15, -0.1) is 0 Å². The van der Waals surface area contributed by atoms with Crippen molar-refractivity contribution in [1.29, 1.82) is 0 Å². The van der Waals surface area contributed by atoms with Crippen LogP contribution in [0.15, 0.2) is 78.0 Å². The van der Waals surface area contributed by atoms with Crippen molar-refractivity contribution in [1.82, 2.24) is 14.6 Å². The summed E-state index contributed by atoms with van der Waals surface area (Å²) in [5.74, 6) is -1.16. The number of aromatic nitrogens is 1. The zero-order chi connectivity index (χ0) is 25.4. The molecule has 2 unspecified atom stereocenters. The maximum Gasteiger partial charge on any atom is 1.00 e. The van der Waals surface area contributed by atoms with E-state index in [1.807, 2.05) is 26.0 Å². The van der Waals surface area contributed by atoms with E-state index >= 15 is 0 Å². The van der Waals surface area contributed by atoms with E-state index in [1.165, 1.54) is 24.3 Å². The van der Waals surface area contributed by atoms with Crippen LogP contribution in [0.5, 0.6) is 0 Å². The summed E-state index contributed by atoms with van der Waals surface area (Å²) in [7, 11) is -3.76. The number of hydrogen-bond donors (Lipinski definition) is 1. The first-order valence-corrected chi connectivity index (χ1v) is 13.2. The number of carbonyl (C=O) groups excluding carboxylic acids is 1. The normalized spacial score (nSPS) is 13.1. The average Bonchev–Trinajstić information content (AvgIpc) is 2.84. The van der Waals surface area contributed by atoms with E-state index in [2.05, 4.69) is 14.6 Å². The Morgan fingerprint density at radius 1 is 1.06 bits per heavy atom. The number of sulfonamides is 1. The molecular formula is C26H29ClN3NaO4S. The first-order chi connectivity index (χ1) is 16.7. The van der Waals surface area contributed by atoms with Crippen LogP contribution in [0.4, 0.5) is 0 Å². The van der Waals surface area contributed by atoms with Gasteiger partial charge in [-0.1, -0.05) is 62.2 Å². The first-order valence-electron chi connectivity index (χ1n) is 11.4. The van der Waals surface area contributed by atoms with Gasteiger partial charge in [-0.3, -0.25) is 9.88 Å². The fourth-order valence-electron chi connectivity index (χ4n) is 3.72. The third-order valence-electron chi connectivity index (χ3n) is 5.94. The summed E-state index contributed by atoms with van der Waals surface area (Å²) >= 11 is 5.93. The van der Waals surface area contributed by atoms with E-state index in [0.29, 0.717) is 24.7 Å². The Morgan fingerprint density at radius 2 is 1.69 bits per heavy atom. The molecule has 0 saturated heterocycles. The molecule has 186 valence electrons. The fraction of sp³-hybridized carbons (Fsp3) is 0.308. The number of hydrogen-bond acceptors (Lipinski definition) is 6. The second-order valence-corrected chi connectivity index (χ2v) is 10.7. The summed E-state index contributed by atoms with van der Waals surface area (Å²) in [4.78, 5) is 17.6. The van der Waals surface area contributed by atoms with E-state index in [-0.39, 0.29) is 52.0 Å². The van der Waals surface area contributed by atoms with Crippen LogP contribution >= 0.6 is 11.6 Å². The SMILES string of the molecule is CCC(C)C(CN(Cc1ccc(C(=O)[O-])cc1)Cc1cccnc1)NS(=O)(=O)c1ccc(Cl)cc1.[Na+]. The van der Waals surface area contributed by atoms with Crippen molar-refractivity contribution in [2.45, 2.75) is 44.3 Å². The van der Waals surface area contributed by atoms with Gasteiger partial charge in [-0.2, -0.15) is 0 Å². The van der Waals surface area contributed by atoms with Gasteiger partial charge in [0.2, 0.25) is 10.0 Å². The number of carboxylic acids is 1. The number of pyridine rings is 1. The van der Waals surface area contributed by atoms with Gasteiger partial charge < -0.3 is 9.90 Å². The van der Waals surface area contributed by atoms with Crippen molar-refractivity contribution in [2.24, 2.45) is 5.92 Å². The number of benzene rings is 2. The van der Waals surface area contributed by atoms with E-state index in [0.717, 1.165) is 17.5 Å². The Labute approximate surface area is 240 Å². The molecule has 1 aromatic heterocycles. The molecular weight excluding hydrogens is 509 g/mol. The molecule has 0 fully saturated rings. The molecule has 1 N–H and O–H groups in total. The smallest absolute Gasteiger partial charge is 0.545 e. The molecule has 3 aromatic rings. The van der Waals surface area contributed by atoms with Crippen LogP contribution in [0.1, 0.15) is 41.8 Å². The van der Waals surface area contributed by atoms with E-state index < -0.39 is 16.0 Å². The average molecular weight is 538 g/mol. The Hall–Kier alpha value is -1.78. The van der Waals surface area contributed by atoms with Gasteiger partial charge in [0.1, 0.15) is 0 Å². The number of nitrogens with zero attached hydrogens (tertiary/aromatic N) is 2. The van der Waals surface area contributed by atoms with Crippen molar-refractivity contribution in [2.75, 3.05) is 6.54 Å². The number of carboxylic acid groups (broad SMARTS) is 1. The van der Waals surface area contributed by atoms with Gasteiger partial charge in [0.15, 0.2) is 0 Å². The molecule has 0 bridgehead atoms. The van der Waals surface area contributed by atoms with Crippen LogP contribution < -0.4 is 39.4 Å². The standard InChI is InChI=1S/C26H30ClN3O4S.Na/c1-3-19(2)25(29-35(33,34)24-12-10-23(27)11-13-24)18-30(17-21-5-4-14-28-15-21)16-20-6-8-22(9-7-20)26(31)32;/h4-15,19,25,29H,3,16-18H2,1-2H3,(H,31,32);/q;+1/p-1. The quantitative estimate of drug-likeness (QED) is 0.338. The minimum absolute atomic E-state index is 0. The first kappa shape index (κ1) is 30.4. The van der Waals surface area contributed by atoms with Crippen molar-refractivity contribution in [3.05, 3.63) is 94.8 Å². The fourth-order valence-corrected chi connectivity index (χ4v) is 5.18. The molecule has 1 heterocycles. The van der Waals surface area contributed by atoms with Gasteiger partial charge in [-0.25, -0.2) is 13.1 Å². The Morgan fingerprint density at radius 3 is 2.25 bits per heavy atom. The molecule has 3 rings (SSSR count). The van der Waals surface area contributed by atoms with E-state index in [9.17, 15) is 18.3 Å². The second kappa shape index (κ2) is 14.2. The molecule has 10 heteroatoms. The summed E-state index contributed by atoms with van der Waals surface area (Å²) in [5.41, 5.74) is 2.01. The van der Waals surface area contributed by atoms with Gasteiger partial charge in [0.05, 0.1) is 10.9 Å². The molecule has 2 atom stereocenters. The van der Waals surface area contributed by atoms with Crippen LogP contribution in [0.3, 0.4) is 0 Å². The molecule has 36 heavy (non-hydrogen) atoms. The van der Waals surface area contributed by atoms with Crippen LogP contribution in [0.2, 0.25) is 5.02 Å². The van der Waals surface area contributed by atoms with Crippen molar-refractivity contribution in [3.8, 4) is 0 Å². The Bertz CT molecular complexity index is 1210. The Kier molecular flexibility index (Phi) is 12.0. The van der Waals surface area contributed by atoms with Crippen LogP contribution in [0, 0.1) is 5.92 Å².